The molecule has 2 amide bonds. The summed E-state index contributed by atoms with van der Waals surface area (Å²) in [6.07, 6.45) is 5.59. The van der Waals surface area contributed by atoms with Crippen LogP contribution in [0.15, 0.2) is 24.3 Å². The summed E-state index contributed by atoms with van der Waals surface area (Å²) < 4.78 is 17.5. The molecule has 1 aromatic rings. The lowest BCUT2D eigenvalue weighted by molar-refractivity contribution is -0.288. The van der Waals surface area contributed by atoms with E-state index in [0.717, 1.165) is 31.2 Å². The minimum Gasteiger partial charge on any atom is -0.496 e. The Labute approximate surface area is 184 Å². The van der Waals surface area contributed by atoms with Gasteiger partial charge in [0.2, 0.25) is 17.6 Å². The zero-order chi connectivity index (χ0) is 21.9. The molecule has 1 aliphatic carbocycles. The third-order valence-electron chi connectivity index (χ3n) is 6.96. The zero-order valence-electron chi connectivity index (χ0n) is 18.7. The maximum absolute atomic E-state index is 13.3. The number of para-hydroxylation sites is 1. The molecule has 0 bridgehead atoms. The Hall–Kier alpha value is -2.12. The topological polar surface area (TPSA) is 68.3 Å². The summed E-state index contributed by atoms with van der Waals surface area (Å²) in [5.41, 5.74) is 0.576. The third-order valence-corrected chi connectivity index (χ3v) is 6.96. The molecule has 7 heteroatoms. The minimum absolute atomic E-state index is 0.0125. The summed E-state index contributed by atoms with van der Waals surface area (Å²) >= 11 is 0. The third kappa shape index (κ3) is 4.72. The molecule has 1 aromatic carbocycles. The predicted octanol–water partition coefficient (Wildman–Crippen LogP) is 2.62. The van der Waals surface area contributed by atoms with Crippen LogP contribution in [0.4, 0.5) is 0 Å². The number of hydrogen-bond acceptors (Lipinski definition) is 5. The smallest absolute Gasteiger partial charge is 0.228 e. The van der Waals surface area contributed by atoms with Gasteiger partial charge in [-0.2, -0.15) is 0 Å². The molecule has 3 fully saturated rings. The Morgan fingerprint density at radius 3 is 2.35 bits per heavy atom. The second-order valence-corrected chi connectivity index (χ2v) is 9.26. The molecule has 0 aromatic heterocycles. The summed E-state index contributed by atoms with van der Waals surface area (Å²) in [6.45, 7) is 4.73. The summed E-state index contributed by atoms with van der Waals surface area (Å²) in [5.74, 6) is -0.00665. The summed E-state index contributed by atoms with van der Waals surface area (Å²) in [4.78, 5) is 30.1. The number of methoxy groups -OCH3 is 1. The number of rotatable bonds is 4. The lowest BCUT2D eigenvalue weighted by Gasteiger charge is -2.49. The second kappa shape index (κ2) is 9.17. The van der Waals surface area contributed by atoms with Crippen LogP contribution in [-0.4, -0.2) is 73.9 Å². The van der Waals surface area contributed by atoms with E-state index in [1.165, 1.54) is 6.42 Å². The van der Waals surface area contributed by atoms with Crippen molar-refractivity contribution in [3.05, 3.63) is 29.8 Å². The lowest BCUT2D eigenvalue weighted by Crippen LogP contribution is -2.65. The highest BCUT2D eigenvalue weighted by atomic mass is 16.7. The van der Waals surface area contributed by atoms with Gasteiger partial charge in [-0.15, -0.1) is 0 Å². The number of ether oxygens (including phenoxy) is 3. The normalized spacial score (nSPS) is 26.0. The van der Waals surface area contributed by atoms with E-state index in [9.17, 15) is 9.59 Å². The lowest BCUT2D eigenvalue weighted by atomic mass is 9.74. The average Bonchev–Trinajstić information content (AvgIpc) is 2.79. The number of carbonyl (C=O) groups is 2. The minimum atomic E-state index is -0.937. The van der Waals surface area contributed by atoms with Gasteiger partial charge in [0.15, 0.2) is 0 Å². The van der Waals surface area contributed by atoms with Crippen LogP contribution in [0.5, 0.6) is 5.75 Å². The van der Waals surface area contributed by atoms with E-state index >= 15 is 0 Å². The second-order valence-electron chi connectivity index (χ2n) is 9.26. The van der Waals surface area contributed by atoms with Crippen molar-refractivity contribution in [3.63, 3.8) is 0 Å². The molecular weight excluding hydrogens is 396 g/mol. The highest BCUT2D eigenvalue weighted by molar-refractivity contribution is 5.83. The number of carbonyl (C=O) groups excluding carboxylic acids is 2. The molecule has 1 saturated carbocycles. The monoisotopic (exact) mass is 430 g/mol. The molecule has 0 radical (unpaired) electrons. The van der Waals surface area contributed by atoms with E-state index < -0.39 is 5.79 Å². The van der Waals surface area contributed by atoms with E-state index in [0.29, 0.717) is 45.1 Å². The maximum atomic E-state index is 13.3. The molecule has 170 valence electrons. The van der Waals surface area contributed by atoms with Crippen LogP contribution in [0.2, 0.25) is 0 Å². The van der Waals surface area contributed by atoms with Crippen LogP contribution in [0.1, 0.15) is 44.6 Å². The number of nitrogens with zero attached hydrogens (tertiary/aromatic N) is 2. The van der Waals surface area contributed by atoms with E-state index in [1.54, 1.807) is 12.0 Å². The molecule has 2 heterocycles. The van der Waals surface area contributed by atoms with Gasteiger partial charge in [0.1, 0.15) is 5.75 Å². The predicted molar refractivity (Wildman–Crippen MR) is 116 cm³/mol. The van der Waals surface area contributed by atoms with Crippen molar-refractivity contribution in [1.82, 2.24) is 9.80 Å². The highest BCUT2D eigenvalue weighted by Crippen LogP contribution is 2.38. The van der Waals surface area contributed by atoms with E-state index in [1.807, 2.05) is 29.2 Å². The molecule has 2 saturated heterocycles. The molecule has 4 rings (SSSR count). The standard InChI is InChI=1S/C24H34N2O5/c1-23(10-6-3-7-11-23)22(28)26-13-15-31-24(18-26)17-25(12-14-30-24)21(27)16-19-8-4-5-9-20(19)29-2/h4-5,8-9H,3,6-7,10-18H2,1-2H3. The molecule has 1 unspecified atom stereocenters. The highest BCUT2D eigenvalue weighted by Gasteiger charge is 2.47. The van der Waals surface area contributed by atoms with Crippen molar-refractivity contribution in [2.45, 2.75) is 51.2 Å². The maximum Gasteiger partial charge on any atom is 0.228 e. The number of amides is 2. The van der Waals surface area contributed by atoms with Crippen molar-refractivity contribution in [3.8, 4) is 5.75 Å². The molecule has 1 spiro atoms. The number of morpholine rings is 2. The van der Waals surface area contributed by atoms with Crippen LogP contribution in [0.3, 0.4) is 0 Å². The zero-order valence-corrected chi connectivity index (χ0v) is 18.7. The van der Waals surface area contributed by atoms with Gasteiger partial charge in [0.05, 0.1) is 39.8 Å². The number of benzene rings is 1. The van der Waals surface area contributed by atoms with Gasteiger partial charge in [0.25, 0.3) is 0 Å². The van der Waals surface area contributed by atoms with Gasteiger partial charge in [-0.3, -0.25) is 9.59 Å². The number of hydrogen-bond donors (Lipinski definition) is 0. The van der Waals surface area contributed by atoms with Crippen molar-refractivity contribution in [1.29, 1.82) is 0 Å². The van der Waals surface area contributed by atoms with Gasteiger partial charge < -0.3 is 24.0 Å². The van der Waals surface area contributed by atoms with Crippen molar-refractivity contribution < 1.29 is 23.8 Å². The van der Waals surface area contributed by atoms with E-state index in [2.05, 4.69) is 6.92 Å². The Balaban J connectivity index is 1.43. The average molecular weight is 431 g/mol. The molecule has 3 aliphatic rings. The first-order chi connectivity index (χ1) is 14.9. The van der Waals surface area contributed by atoms with Crippen LogP contribution >= 0.6 is 0 Å². The van der Waals surface area contributed by atoms with Gasteiger partial charge in [-0.05, 0) is 18.9 Å². The first kappa shape index (κ1) is 22.1. The van der Waals surface area contributed by atoms with Crippen molar-refractivity contribution in [2.24, 2.45) is 5.41 Å². The van der Waals surface area contributed by atoms with Crippen LogP contribution in [-0.2, 0) is 25.5 Å². The van der Waals surface area contributed by atoms with E-state index in [-0.39, 0.29) is 23.7 Å². The van der Waals surface area contributed by atoms with Gasteiger partial charge in [-0.1, -0.05) is 44.4 Å². The summed E-state index contributed by atoms with van der Waals surface area (Å²) in [6, 6.07) is 7.58. The van der Waals surface area contributed by atoms with Crippen LogP contribution < -0.4 is 4.74 Å². The fourth-order valence-corrected chi connectivity index (χ4v) is 5.14. The van der Waals surface area contributed by atoms with Gasteiger partial charge in [0, 0.05) is 24.1 Å². The Morgan fingerprint density at radius 1 is 1.00 bits per heavy atom. The molecule has 7 nitrogen and oxygen atoms in total. The molecular formula is C24H34N2O5. The summed E-state index contributed by atoms with van der Waals surface area (Å²) in [5, 5.41) is 0. The SMILES string of the molecule is COc1ccccc1CC(=O)N1CCOC2(C1)CN(C(=O)C1(C)CCCCC1)CCO2. The molecule has 2 aliphatic heterocycles. The first-order valence-electron chi connectivity index (χ1n) is 11.4. The van der Waals surface area contributed by atoms with E-state index in [4.69, 9.17) is 14.2 Å². The van der Waals surface area contributed by atoms with Gasteiger partial charge in [-0.25, -0.2) is 0 Å². The van der Waals surface area contributed by atoms with Crippen LogP contribution in [0, 0.1) is 5.41 Å². The molecule has 31 heavy (non-hydrogen) atoms. The quantitative estimate of drug-likeness (QED) is 0.735. The Bertz CT molecular complexity index is 803. The summed E-state index contributed by atoms with van der Waals surface area (Å²) in [7, 11) is 1.61. The van der Waals surface area contributed by atoms with Crippen molar-refractivity contribution in [2.75, 3.05) is 46.5 Å². The first-order valence-corrected chi connectivity index (χ1v) is 11.4. The fourth-order valence-electron chi connectivity index (χ4n) is 5.14. The van der Waals surface area contributed by atoms with Crippen LogP contribution in [0.25, 0.3) is 0 Å². The molecule has 0 N–H and O–H groups in total. The Kier molecular flexibility index (Phi) is 6.53. The molecule has 1 atom stereocenters. The largest absolute Gasteiger partial charge is 0.496 e. The van der Waals surface area contributed by atoms with Crippen molar-refractivity contribution >= 4 is 11.8 Å². The van der Waals surface area contributed by atoms with Gasteiger partial charge >= 0.3 is 0 Å². The Morgan fingerprint density at radius 2 is 1.65 bits per heavy atom. The fraction of sp³-hybridized carbons (Fsp3) is 0.667.